The molecule has 0 fully saturated rings. The third-order valence-electron chi connectivity index (χ3n) is 4.81. The van der Waals surface area contributed by atoms with E-state index in [4.69, 9.17) is 11.5 Å². The Kier molecular flexibility index (Phi) is 7.14. The van der Waals surface area contributed by atoms with Crippen molar-refractivity contribution in [3.8, 4) is 5.75 Å². The number of carbonyl (C=O) groups excluding carboxylic acids is 1. The van der Waals surface area contributed by atoms with Crippen molar-refractivity contribution in [2.24, 2.45) is 0 Å². The van der Waals surface area contributed by atoms with Crippen LogP contribution < -0.4 is 16.2 Å². The van der Waals surface area contributed by atoms with E-state index in [1.54, 1.807) is 0 Å². The molecule has 0 unspecified atom stereocenters. The summed E-state index contributed by atoms with van der Waals surface area (Å²) in [5.41, 5.74) is -7.90. The van der Waals surface area contributed by atoms with E-state index >= 15 is 0 Å². The highest BCUT2D eigenvalue weighted by Gasteiger charge is 2.74. The third kappa shape index (κ3) is 5.20. The first kappa shape index (κ1) is 29.8. The van der Waals surface area contributed by atoms with Crippen LogP contribution in [0.4, 0.5) is 64.1 Å². The summed E-state index contributed by atoms with van der Waals surface area (Å²) in [4.78, 5) is 12.3. The van der Waals surface area contributed by atoms with Gasteiger partial charge in [-0.05, 0) is 36.4 Å². The van der Waals surface area contributed by atoms with Crippen LogP contribution in [0.15, 0.2) is 36.4 Å². The fourth-order valence-corrected chi connectivity index (χ4v) is 3.01. The summed E-state index contributed by atoms with van der Waals surface area (Å²) < 4.78 is 164. The van der Waals surface area contributed by atoms with Crippen LogP contribution in [0.25, 0.3) is 0 Å². The zero-order valence-corrected chi connectivity index (χ0v) is 17.4. The van der Waals surface area contributed by atoms with Gasteiger partial charge in [0.2, 0.25) is 0 Å². The van der Waals surface area contributed by atoms with Crippen molar-refractivity contribution in [3.63, 3.8) is 0 Å². The number of nitrogen functional groups attached to an aromatic ring is 2. The Hall–Kier alpha value is -3.41. The number of nitrogens with two attached hydrogens (primary N) is 2. The summed E-state index contributed by atoms with van der Waals surface area (Å²) in [6, 6.07) is 0.656. The van der Waals surface area contributed by atoms with Gasteiger partial charge in [0.25, 0.3) is 11.2 Å². The van der Waals surface area contributed by atoms with Gasteiger partial charge in [-0.1, -0.05) is 0 Å². The van der Waals surface area contributed by atoms with Crippen molar-refractivity contribution in [3.05, 3.63) is 53.1 Å². The molecule has 0 spiro atoms. The van der Waals surface area contributed by atoms with Gasteiger partial charge in [0, 0.05) is 22.5 Å². The molecule has 0 aliphatic heterocycles. The van der Waals surface area contributed by atoms with E-state index < -0.39 is 82.5 Å². The van der Waals surface area contributed by atoms with E-state index in [9.17, 15) is 67.7 Å². The number of alkyl halides is 12. The second-order valence-corrected chi connectivity index (χ2v) is 7.44. The Labute approximate surface area is 197 Å². The molecule has 0 heterocycles. The van der Waals surface area contributed by atoms with Crippen LogP contribution in [0, 0.1) is 0 Å². The highest BCUT2D eigenvalue weighted by molar-refractivity contribution is 5.93. The fourth-order valence-electron chi connectivity index (χ4n) is 3.01. The molecule has 0 bridgehead atoms. The van der Waals surface area contributed by atoms with Crippen molar-refractivity contribution >= 4 is 17.3 Å². The van der Waals surface area contributed by atoms with Crippen molar-refractivity contribution < 1.29 is 72.4 Å². The normalized spacial score (nSPS) is 14.0. The Morgan fingerprint density at radius 3 is 1.22 bits per heavy atom. The molecule has 2 aromatic rings. The van der Waals surface area contributed by atoms with Crippen LogP contribution in [-0.2, 0) is 11.2 Å². The average Bonchev–Trinajstić information content (AvgIpc) is 2.68. The molecule has 0 aromatic heterocycles. The lowest BCUT2D eigenvalue weighted by molar-refractivity contribution is -0.378. The molecular formula is C19H12F12N2O4. The number of hydrogen-bond donors (Lipinski definition) is 4. The van der Waals surface area contributed by atoms with Gasteiger partial charge in [-0.2, -0.15) is 52.7 Å². The summed E-state index contributed by atoms with van der Waals surface area (Å²) in [5, 5.41) is 19.1. The molecule has 0 radical (unpaired) electrons. The maximum Gasteiger partial charge on any atom is 0.430 e. The molecule has 2 aromatic carbocycles. The smallest absolute Gasteiger partial charge is 0.423 e. The number of aliphatic hydroxyl groups is 2. The number of carbonyl (C=O) groups is 1. The summed E-state index contributed by atoms with van der Waals surface area (Å²) in [6.07, 6.45) is -27.1. The van der Waals surface area contributed by atoms with E-state index in [0.717, 1.165) is 18.2 Å². The Bertz CT molecular complexity index is 1080. The lowest BCUT2D eigenvalue weighted by Gasteiger charge is -2.36. The standard InChI is InChI=1S/C19H12F12N2O4/c20-16(21,22)14(35,17(23,24)25)8-3-9(15(36,18(26,27)28)19(29,30)31)5-12(4-8)37-13(34)7-1-10(32)6-11(33)2-7/h1-6,35-36H,32-33H2. The minimum atomic E-state index is -6.78. The molecular weight excluding hydrogens is 548 g/mol. The first-order chi connectivity index (χ1) is 16.4. The SMILES string of the molecule is Nc1cc(N)cc(C(=O)Oc2cc(C(O)(C(F)(F)F)C(F)(F)F)cc(C(O)(C(F)(F)F)C(F)(F)F)c2)c1. The summed E-state index contributed by atoms with van der Waals surface area (Å²) in [5.74, 6) is -3.54. The van der Waals surface area contributed by atoms with Crippen LogP contribution >= 0.6 is 0 Å². The molecule has 0 aliphatic rings. The molecule has 18 heteroatoms. The monoisotopic (exact) mass is 560 g/mol. The first-order valence-electron chi connectivity index (χ1n) is 9.12. The number of halogens is 12. The summed E-state index contributed by atoms with van der Waals surface area (Å²) >= 11 is 0. The molecule has 0 saturated carbocycles. The van der Waals surface area contributed by atoms with Gasteiger partial charge in [0.15, 0.2) is 0 Å². The highest BCUT2D eigenvalue weighted by Crippen LogP contribution is 2.54. The second-order valence-electron chi connectivity index (χ2n) is 7.44. The summed E-state index contributed by atoms with van der Waals surface area (Å²) in [7, 11) is 0. The van der Waals surface area contributed by atoms with Crippen LogP contribution in [0.3, 0.4) is 0 Å². The fraction of sp³-hybridized carbons (Fsp3) is 0.316. The molecule has 0 amide bonds. The topological polar surface area (TPSA) is 119 Å². The number of esters is 1. The Morgan fingerprint density at radius 1 is 0.595 bits per heavy atom. The van der Waals surface area contributed by atoms with Gasteiger partial charge in [0.1, 0.15) is 5.75 Å². The van der Waals surface area contributed by atoms with E-state index in [0.29, 0.717) is 0 Å². The van der Waals surface area contributed by atoms with Crippen molar-refractivity contribution in [1.82, 2.24) is 0 Å². The molecule has 6 N–H and O–H groups in total. The van der Waals surface area contributed by atoms with Gasteiger partial charge < -0.3 is 26.4 Å². The van der Waals surface area contributed by atoms with Crippen molar-refractivity contribution in [2.45, 2.75) is 35.9 Å². The number of anilines is 2. The predicted molar refractivity (Wildman–Crippen MR) is 98.7 cm³/mol. The lowest BCUT2D eigenvalue weighted by Crippen LogP contribution is -2.55. The second kappa shape index (κ2) is 8.86. The molecule has 6 nitrogen and oxygen atoms in total. The zero-order valence-electron chi connectivity index (χ0n) is 17.4. The van der Waals surface area contributed by atoms with E-state index in [1.807, 2.05) is 0 Å². The molecule has 2 rings (SSSR count). The number of rotatable bonds is 4. The zero-order chi connectivity index (χ0) is 29.0. The van der Waals surface area contributed by atoms with Crippen LogP contribution in [0.2, 0.25) is 0 Å². The van der Waals surface area contributed by atoms with E-state index in [2.05, 4.69) is 4.74 Å². The minimum absolute atomic E-state index is 0.242. The Balaban J connectivity index is 2.91. The van der Waals surface area contributed by atoms with Crippen LogP contribution in [-0.4, -0.2) is 40.9 Å². The molecule has 0 saturated heterocycles. The van der Waals surface area contributed by atoms with E-state index in [1.165, 1.54) is 0 Å². The molecule has 206 valence electrons. The Morgan fingerprint density at radius 2 is 0.919 bits per heavy atom. The van der Waals surface area contributed by atoms with Gasteiger partial charge in [0.05, 0.1) is 5.56 Å². The van der Waals surface area contributed by atoms with Crippen molar-refractivity contribution in [2.75, 3.05) is 11.5 Å². The number of ether oxygens (including phenoxy) is 1. The molecule has 0 atom stereocenters. The minimum Gasteiger partial charge on any atom is -0.423 e. The van der Waals surface area contributed by atoms with Gasteiger partial charge in [-0.3, -0.25) is 0 Å². The average molecular weight is 560 g/mol. The predicted octanol–water partition coefficient (Wildman–Crippen LogP) is 4.69. The highest BCUT2D eigenvalue weighted by atomic mass is 19.4. The molecule has 0 aliphatic carbocycles. The van der Waals surface area contributed by atoms with Gasteiger partial charge >= 0.3 is 30.7 Å². The van der Waals surface area contributed by atoms with Crippen LogP contribution in [0.5, 0.6) is 5.75 Å². The van der Waals surface area contributed by atoms with E-state index in [-0.39, 0.29) is 11.4 Å². The van der Waals surface area contributed by atoms with Gasteiger partial charge in [-0.15, -0.1) is 0 Å². The maximum absolute atomic E-state index is 13.3. The quantitative estimate of drug-likeness (QED) is 0.187. The summed E-state index contributed by atoms with van der Waals surface area (Å²) in [6.45, 7) is 0. The lowest BCUT2D eigenvalue weighted by atomic mass is 9.85. The first-order valence-corrected chi connectivity index (χ1v) is 9.12. The number of benzene rings is 2. The van der Waals surface area contributed by atoms with Crippen LogP contribution in [0.1, 0.15) is 21.5 Å². The maximum atomic E-state index is 13.3. The number of hydrogen-bond acceptors (Lipinski definition) is 6. The molecule has 37 heavy (non-hydrogen) atoms. The largest absolute Gasteiger partial charge is 0.430 e. The van der Waals surface area contributed by atoms with Crippen molar-refractivity contribution in [1.29, 1.82) is 0 Å². The van der Waals surface area contributed by atoms with Gasteiger partial charge in [-0.25, -0.2) is 4.79 Å². The third-order valence-corrected chi connectivity index (χ3v) is 4.81.